The molecule has 1 aromatic heterocycles. The van der Waals surface area contributed by atoms with E-state index in [9.17, 15) is 4.79 Å². The fraction of sp³-hybridized carbons (Fsp3) is 0.722. The highest BCUT2D eigenvalue weighted by atomic mass is 16.6. The molecule has 23 heavy (non-hydrogen) atoms. The summed E-state index contributed by atoms with van der Waals surface area (Å²) in [6.45, 7) is 10.4. The highest BCUT2D eigenvalue weighted by Gasteiger charge is 2.27. The Morgan fingerprint density at radius 2 is 2.30 bits per heavy atom. The number of rotatable bonds is 5. The van der Waals surface area contributed by atoms with Gasteiger partial charge in [-0.3, -0.25) is 0 Å². The molecule has 0 bridgehead atoms. The van der Waals surface area contributed by atoms with Crippen LogP contribution in [-0.2, 0) is 4.74 Å². The molecule has 1 fully saturated rings. The molecular weight excluding hydrogens is 292 g/mol. The standard InChI is InChI=1S/C18H30N2O3/c1-14(16-8-11-22-13-16)19-9-7-15-6-5-10-20(12-15)17(21)23-18(2,3)4/h8,11,13-15,19H,5-7,9-10,12H2,1-4H3. The molecule has 0 saturated carbocycles. The summed E-state index contributed by atoms with van der Waals surface area (Å²) in [7, 11) is 0. The lowest BCUT2D eigenvalue weighted by Crippen LogP contribution is -2.43. The predicted molar refractivity (Wildman–Crippen MR) is 90.3 cm³/mol. The van der Waals surface area contributed by atoms with E-state index in [1.165, 1.54) is 12.0 Å². The normalized spacial score (nSPS) is 20.3. The lowest BCUT2D eigenvalue weighted by molar-refractivity contribution is 0.0161. The molecule has 2 heterocycles. The van der Waals surface area contributed by atoms with E-state index in [0.717, 1.165) is 32.5 Å². The number of carbonyl (C=O) groups is 1. The van der Waals surface area contributed by atoms with Crippen molar-refractivity contribution in [2.45, 2.75) is 58.6 Å². The van der Waals surface area contributed by atoms with E-state index in [4.69, 9.17) is 9.15 Å². The van der Waals surface area contributed by atoms with Crippen LogP contribution in [0.3, 0.4) is 0 Å². The Bertz CT molecular complexity index is 479. The largest absolute Gasteiger partial charge is 0.472 e. The second-order valence-corrected chi connectivity index (χ2v) is 7.46. The first-order valence-corrected chi connectivity index (χ1v) is 8.58. The number of piperidine rings is 1. The Hall–Kier alpha value is -1.49. The summed E-state index contributed by atoms with van der Waals surface area (Å²) in [6, 6.07) is 2.28. The number of nitrogens with zero attached hydrogens (tertiary/aromatic N) is 1. The number of furan rings is 1. The van der Waals surface area contributed by atoms with Crippen LogP contribution in [0.5, 0.6) is 0 Å². The summed E-state index contributed by atoms with van der Waals surface area (Å²) < 4.78 is 10.6. The first kappa shape index (κ1) is 17.9. The van der Waals surface area contributed by atoms with Gasteiger partial charge in [0.25, 0.3) is 0 Å². The van der Waals surface area contributed by atoms with Gasteiger partial charge >= 0.3 is 6.09 Å². The second-order valence-electron chi connectivity index (χ2n) is 7.46. The number of hydrogen-bond donors (Lipinski definition) is 1. The lowest BCUT2D eigenvalue weighted by atomic mass is 9.95. The smallest absolute Gasteiger partial charge is 0.410 e. The first-order valence-electron chi connectivity index (χ1n) is 8.58. The predicted octanol–water partition coefficient (Wildman–Crippen LogP) is 3.97. The Balaban J connectivity index is 1.72. The summed E-state index contributed by atoms with van der Waals surface area (Å²) in [5.41, 5.74) is 0.745. The highest BCUT2D eigenvalue weighted by molar-refractivity contribution is 5.68. The van der Waals surface area contributed by atoms with E-state index in [1.807, 2.05) is 31.7 Å². The molecule has 0 aliphatic carbocycles. The van der Waals surface area contributed by atoms with Gasteiger partial charge in [0.2, 0.25) is 0 Å². The van der Waals surface area contributed by atoms with Crippen LogP contribution in [0.15, 0.2) is 23.0 Å². The van der Waals surface area contributed by atoms with Crippen molar-refractivity contribution in [3.8, 4) is 0 Å². The fourth-order valence-corrected chi connectivity index (χ4v) is 2.94. The van der Waals surface area contributed by atoms with Crippen LogP contribution < -0.4 is 5.32 Å². The van der Waals surface area contributed by atoms with Gasteiger partial charge in [-0.25, -0.2) is 4.79 Å². The Morgan fingerprint density at radius 3 is 2.96 bits per heavy atom. The minimum atomic E-state index is -0.425. The van der Waals surface area contributed by atoms with E-state index in [2.05, 4.69) is 12.2 Å². The third kappa shape index (κ3) is 5.90. The fourth-order valence-electron chi connectivity index (χ4n) is 2.94. The molecule has 1 saturated heterocycles. The molecule has 0 aromatic carbocycles. The van der Waals surface area contributed by atoms with Gasteiger partial charge in [0, 0.05) is 24.7 Å². The molecule has 2 rings (SSSR count). The average molecular weight is 322 g/mol. The maximum absolute atomic E-state index is 12.2. The molecule has 1 aromatic rings. The molecule has 0 radical (unpaired) electrons. The summed E-state index contributed by atoms with van der Waals surface area (Å²) in [5, 5.41) is 3.52. The van der Waals surface area contributed by atoms with Crippen molar-refractivity contribution in [1.82, 2.24) is 10.2 Å². The van der Waals surface area contributed by atoms with Crippen LogP contribution in [0.1, 0.15) is 58.6 Å². The van der Waals surface area contributed by atoms with Gasteiger partial charge in [0.15, 0.2) is 0 Å². The number of carbonyl (C=O) groups excluding carboxylic acids is 1. The number of amides is 1. The van der Waals surface area contributed by atoms with E-state index < -0.39 is 5.60 Å². The van der Waals surface area contributed by atoms with Crippen molar-refractivity contribution in [3.05, 3.63) is 24.2 Å². The Kier molecular flexibility index (Phi) is 6.10. The molecule has 130 valence electrons. The Morgan fingerprint density at radius 1 is 1.52 bits per heavy atom. The highest BCUT2D eigenvalue weighted by Crippen LogP contribution is 2.22. The number of likely N-dealkylation sites (tertiary alicyclic amines) is 1. The summed E-state index contributed by atoms with van der Waals surface area (Å²) in [5.74, 6) is 0.542. The molecular formula is C18H30N2O3. The molecule has 2 unspecified atom stereocenters. The summed E-state index contributed by atoms with van der Waals surface area (Å²) in [6.07, 6.45) is 6.61. The Labute approximate surface area is 139 Å². The second kappa shape index (κ2) is 7.86. The van der Waals surface area contributed by atoms with Crippen LogP contribution in [0.2, 0.25) is 0 Å². The van der Waals surface area contributed by atoms with Crippen molar-refractivity contribution < 1.29 is 13.9 Å². The molecule has 5 heteroatoms. The molecule has 5 nitrogen and oxygen atoms in total. The van der Waals surface area contributed by atoms with Crippen LogP contribution in [-0.4, -0.2) is 36.2 Å². The van der Waals surface area contributed by atoms with Crippen molar-refractivity contribution in [3.63, 3.8) is 0 Å². The van der Waals surface area contributed by atoms with E-state index in [-0.39, 0.29) is 6.09 Å². The average Bonchev–Trinajstić information content (AvgIpc) is 3.00. The zero-order valence-electron chi connectivity index (χ0n) is 14.8. The number of ether oxygens (including phenoxy) is 1. The molecule has 0 spiro atoms. The van der Waals surface area contributed by atoms with Crippen molar-refractivity contribution >= 4 is 6.09 Å². The van der Waals surface area contributed by atoms with Crippen LogP contribution in [0, 0.1) is 5.92 Å². The number of nitrogens with one attached hydrogen (secondary N) is 1. The molecule has 1 amide bonds. The maximum atomic E-state index is 12.2. The molecule has 1 N–H and O–H groups in total. The van der Waals surface area contributed by atoms with Crippen LogP contribution >= 0.6 is 0 Å². The molecule has 2 atom stereocenters. The van der Waals surface area contributed by atoms with Crippen LogP contribution in [0.4, 0.5) is 4.79 Å². The summed E-state index contributed by atoms with van der Waals surface area (Å²) in [4.78, 5) is 14.0. The van der Waals surface area contributed by atoms with Gasteiger partial charge in [-0.2, -0.15) is 0 Å². The molecule has 1 aliphatic rings. The zero-order valence-corrected chi connectivity index (χ0v) is 14.8. The van der Waals surface area contributed by atoms with E-state index in [1.54, 1.807) is 12.5 Å². The van der Waals surface area contributed by atoms with E-state index in [0.29, 0.717) is 12.0 Å². The topological polar surface area (TPSA) is 54.7 Å². The minimum absolute atomic E-state index is 0.179. The van der Waals surface area contributed by atoms with Crippen LogP contribution in [0.25, 0.3) is 0 Å². The third-order valence-electron chi connectivity index (χ3n) is 4.22. The summed E-state index contributed by atoms with van der Waals surface area (Å²) >= 11 is 0. The van der Waals surface area contributed by atoms with Crippen molar-refractivity contribution in [2.24, 2.45) is 5.92 Å². The van der Waals surface area contributed by atoms with Gasteiger partial charge < -0.3 is 19.4 Å². The maximum Gasteiger partial charge on any atom is 0.410 e. The van der Waals surface area contributed by atoms with Crippen molar-refractivity contribution in [2.75, 3.05) is 19.6 Å². The van der Waals surface area contributed by atoms with Gasteiger partial charge in [0.05, 0.1) is 12.5 Å². The SMILES string of the molecule is CC(NCCC1CCCN(C(=O)OC(C)(C)C)C1)c1ccoc1. The minimum Gasteiger partial charge on any atom is -0.472 e. The van der Waals surface area contributed by atoms with Crippen molar-refractivity contribution in [1.29, 1.82) is 0 Å². The number of hydrogen-bond acceptors (Lipinski definition) is 4. The third-order valence-corrected chi connectivity index (χ3v) is 4.22. The van der Waals surface area contributed by atoms with Gasteiger partial charge in [-0.1, -0.05) is 0 Å². The molecule has 1 aliphatic heterocycles. The first-order chi connectivity index (χ1) is 10.8. The quantitative estimate of drug-likeness (QED) is 0.891. The zero-order chi connectivity index (χ0) is 16.9. The van der Waals surface area contributed by atoms with Gasteiger partial charge in [0.1, 0.15) is 5.60 Å². The van der Waals surface area contributed by atoms with E-state index >= 15 is 0 Å². The lowest BCUT2D eigenvalue weighted by Gasteiger charge is -2.34. The van der Waals surface area contributed by atoms with Gasteiger partial charge in [-0.05, 0) is 65.5 Å². The monoisotopic (exact) mass is 322 g/mol. The van der Waals surface area contributed by atoms with Gasteiger partial charge in [-0.15, -0.1) is 0 Å².